The van der Waals surface area contributed by atoms with Crippen LogP contribution in [0.15, 0.2) is 28.7 Å². The van der Waals surface area contributed by atoms with Crippen LogP contribution in [0.25, 0.3) is 11.5 Å². The minimum absolute atomic E-state index is 0.0225. The van der Waals surface area contributed by atoms with E-state index in [4.69, 9.17) is 14.9 Å². The van der Waals surface area contributed by atoms with Crippen LogP contribution >= 0.6 is 0 Å². The minimum atomic E-state index is -0.703. The summed E-state index contributed by atoms with van der Waals surface area (Å²) in [5.74, 6) is -0.871. The molecule has 8 heteroatoms. The normalized spacial score (nSPS) is 10.2. The van der Waals surface area contributed by atoms with E-state index in [0.29, 0.717) is 5.56 Å². The highest BCUT2D eigenvalue weighted by atomic mass is 16.6. The van der Waals surface area contributed by atoms with E-state index in [1.165, 1.54) is 18.2 Å². The van der Waals surface area contributed by atoms with Crippen molar-refractivity contribution in [2.24, 2.45) is 0 Å². The average Bonchev–Trinajstić information content (AvgIpc) is 2.81. The first-order valence-corrected chi connectivity index (χ1v) is 5.71. The van der Waals surface area contributed by atoms with Crippen molar-refractivity contribution in [3.63, 3.8) is 0 Å². The largest absolute Gasteiger partial charge is 0.461 e. The van der Waals surface area contributed by atoms with Gasteiger partial charge < -0.3 is 14.9 Å². The topological polar surface area (TPSA) is 121 Å². The second-order valence-electron chi connectivity index (χ2n) is 3.76. The Hall–Kier alpha value is -2.90. The highest BCUT2D eigenvalue weighted by Gasteiger charge is 2.20. The van der Waals surface area contributed by atoms with Crippen molar-refractivity contribution in [3.8, 4) is 11.5 Å². The monoisotopic (exact) mass is 277 g/mol. The maximum absolute atomic E-state index is 11.6. The van der Waals surface area contributed by atoms with E-state index in [9.17, 15) is 14.9 Å². The lowest BCUT2D eigenvalue weighted by Gasteiger charge is -1.96. The number of hydrogen-bond acceptors (Lipinski definition) is 7. The summed E-state index contributed by atoms with van der Waals surface area (Å²) >= 11 is 0. The molecule has 2 N–H and O–H groups in total. The quantitative estimate of drug-likeness (QED) is 0.515. The summed E-state index contributed by atoms with van der Waals surface area (Å²) in [7, 11) is 0. The van der Waals surface area contributed by atoms with Crippen molar-refractivity contribution < 1.29 is 18.9 Å². The maximum Gasteiger partial charge on any atom is 0.362 e. The number of nitrogens with zero attached hydrogens (tertiary/aromatic N) is 2. The van der Waals surface area contributed by atoms with Gasteiger partial charge in [-0.1, -0.05) is 6.07 Å². The van der Waals surface area contributed by atoms with Crippen molar-refractivity contribution in [2.75, 3.05) is 12.3 Å². The fourth-order valence-corrected chi connectivity index (χ4v) is 1.55. The van der Waals surface area contributed by atoms with Gasteiger partial charge in [-0.15, -0.1) is 0 Å². The SMILES string of the molecule is CCOC(=O)c1nc(-c2cccc([N+](=O)[O-])c2)oc1N. The number of benzene rings is 1. The molecule has 0 spiro atoms. The van der Waals surface area contributed by atoms with E-state index < -0.39 is 10.9 Å². The molecule has 2 rings (SSSR count). The summed E-state index contributed by atoms with van der Waals surface area (Å²) in [4.78, 5) is 25.6. The zero-order valence-corrected chi connectivity index (χ0v) is 10.5. The zero-order chi connectivity index (χ0) is 14.7. The minimum Gasteiger partial charge on any atom is -0.461 e. The fraction of sp³-hybridized carbons (Fsp3) is 0.167. The number of hydrogen-bond donors (Lipinski definition) is 1. The molecular formula is C12H11N3O5. The van der Waals surface area contributed by atoms with Crippen molar-refractivity contribution in [3.05, 3.63) is 40.1 Å². The van der Waals surface area contributed by atoms with Crippen LogP contribution < -0.4 is 5.73 Å². The van der Waals surface area contributed by atoms with Crippen molar-refractivity contribution in [1.82, 2.24) is 4.98 Å². The first-order valence-electron chi connectivity index (χ1n) is 5.71. The van der Waals surface area contributed by atoms with Gasteiger partial charge >= 0.3 is 5.97 Å². The number of rotatable bonds is 4. The van der Waals surface area contributed by atoms with E-state index in [2.05, 4.69) is 4.98 Å². The molecule has 104 valence electrons. The van der Waals surface area contributed by atoms with E-state index in [1.807, 2.05) is 0 Å². The Kier molecular flexibility index (Phi) is 3.65. The second-order valence-corrected chi connectivity index (χ2v) is 3.76. The molecule has 0 fully saturated rings. The second kappa shape index (κ2) is 5.39. The number of carbonyl (C=O) groups excluding carboxylic acids is 1. The standard InChI is InChI=1S/C12H11N3O5/c1-2-19-12(16)9-10(13)20-11(14-9)7-4-3-5-8(6-7)15(17)18/h3-6H,2,13H2,1H3. The molecule has 0 radical (unpaired) electrons. The predicted octanol–water partition coefficient (Wildman–Crippen LogP) is 2.01. The van der Waals surface area contributed by atoms with E-state index in [1.54, 1.807) is 13.0 Å². The number of nitrogens with two attached hydrogens (primary N) is 1. The number of oxazole rings is 1. The highest BCUT2D eigenvalue weighted by molar-refractivity contribution is 5.92. The summed E-state index contributed by atoms with van der Waals surface area (Å²) in [6.07, 6.45) is 0. The van der Waals surface area contributed by atoms with E-state index >= 15 is 0 Å². The summed E-state index contributed by atoms with van der Waals surface area (Å²) < 4.78 is 9.92. The third-order valence-electron chi connectivity index (χ3n) is 2.43. The van der Waals surface area contributed by atoms with Gasteiger partial charge in [0.05, 0.1) is 11.5 Å². The number of nitro groups is 1. The van der Waals surface area contributed by atoms with Crippen molar-refractivity contribution >= 4 is 17.5 Å². The van der Waals surface area contributed by atoms with Gasteiger partial charge in [0.1, 0.15) is 0 Å². The van der Waals surface area contributed by atoms with Crippen LogP contribution in [0, 0.1) is 10.1 Å². The first-order chi connectivity index (χ1) is 9.52. The number of esters is 1. The van der Waals surface area contributed by atoms with E-state index in [-0.39, 0.29) is 29.8 Å². The smallest absolute Gasteiger partial charge is 0.362 e. The van der Waals surface area contributed by atoms with Crippen molar-refractivity contribution in [1.29, 1.82) is 0 Å². The first kappa shape index (κ1) is 13.5. The number of aromatic nitrogens is 1. The molecule has 1 aromatic heterocycles. The third kappa shape index (κ3) is 2.58. The van der Waals surface area contributed by atoms with E-state index in [0.717, 1.165) is 0 Å². The molecule has 0 amide bonds. The number of carbonyl (C=O) groups is 1. The van der Waals surface area contributed by atoms with Gasteiger partial charge in [-0.05, 0) is 13.0 Å². The van der Waals surface area contributed by atoms with Crippen LogP contribution in [0.2, 0.25) is 0 Å². The molecule has 20 heavy (non-hydrogen) atoms. The van der Waals surface area contributed by atoms with Crippen LogP contribution in [0.4, 0.5) is 11.6 Å². The highest BCUT2D eigenvalue weighted by Crippen LogP contribution is 2.26. The molecule has 8 nitrogen and oxygen atoms in total. The van der Waals surface area contributed by atoms with Gasteiger partial charge in [-0.3, -0.25) is 10.1 Å². The van der Waals surface area contributed by atoms with Gasteiger partial charge in [-0.25, -0.2) is 4.79 Å². The van der Waals surface area contributed by atoms with Gasteiger partial charge in [0.15, 0.2) is 0 Å². The van der Waals surface area contributed by atoms with Crippen LogP contribution in [-0.4, -0.2) is 22.5 Å². The molecule has 0 aliphatic carbocycles. The number of anilines is 1. The van der Waals surface area contributed by atoms with Gasteiger partial charge in [-0.2, -0.15) is 4.98 Å². The molecule has 1 aromatic carbocycles. The average molecular weight is 277 g/mol. The Bertz CT molecular complexity index is 665. The summed E-state index contributed by atoms with van der Waals surface area (Å²) in [6, 6.07) is 5.66. The Morgan fingerprint density at radius 3 is 2.95 bits per heavy atom. The van der Waals surface area contributed by atoms with Crippen LogP contribution in [0.5, 0.6) is 0 Å². The number of nitro benzene ring substituents is 1. The Balaban J connectivity index is 2.39. The van der Waals surface area contributed by atoms with Crippen molar-refractivity contribution in [2.45, 2.75) is 6.92 Å². The molecule has 0 unspecified atom stereocenters. The molecular weight excluding hydrogens is 266 g/mol. The number of non-ortho nitro benzene ring substituents is 1. The summed E-state index contributed by atoms with van der Waals surface area (Å²) in [5, 5.41) is 10.7. The maximum atomic E-state index is 11.6. The zero-order valence-electron chi connectivity index (χ0n) is 10.5. The van der Waals surface area contributed by atoms with Crippen LogP contribution in [0.3, 0.4) is 0 Å². The predicted molar refractivity (Wildman–Crippen MR) is 69.0 cm³/mol. The molecule has 1 heterocycles. The van der Waals surface area contributed by atoms with Crippen LogP contribution in [0.1, 0.15) is 17.4 Å². The van der Waals surface area contributed by atoms with Gasteiger partial charge in [0.2, 0.25) is 17.5 Å². The Morgan fingerprint density at radius 1 is 1.55 bits per heavy atom. The lowest BCUT2D eigenvalue weighted by Crippen LogP contribution is -2.07. The third-order valence-corrected chi connectivity index (χ3v) is 2.43. The van der Waals surface area contributed by atoms with Gasteiger partial charge in [0.25, 0.3) is 5.69 Å². The molecule has 2 aromatic rings. The lowest BCUT2D eigenvalue weighted by atomic mass is 10.2. The molecule has 0 aliphatic rings. The summed E-state index contributed by atoms with van der Waals surface area (Å²) in [6.45, 7) is 1.83. The summed E-state index contributed by atoms with van der Waals surface area (Å²) in [5.41, 5.74) is 5.63. The number of ether oxygens (including phenoxy) is 1. The molecule has 0 aliphatic heterocycles. The number of nitrogen functional groups attached to an aromatic ring is 1. The Morgan fingerprint density at radius 2 is 2.30 bits per heavy atom. The fourth-order valence-electron chi connectivity index (χ4n) is 1.55. The van der Waals surface area contributed by atoms with Crippen LogP contribution in [-0.2, 0) is 4.74 Å². The Labute approximate surface area is 113 Å². The molecule has 0 saturated heterocycles. The molecule has 0 atom stereocenters. The van der Waals surface area contributed by atoms with Gasteiger partial charge in [0, 0.05) is 17.7 Å². The molecule has 0 saturated carbocycles. The molecule has 0 bridgehead atoms. The lowest BCUT2D eigenvalue weighted by molar-refractivity contribution is -0.384.